The Morgan fingerprint density at radius 3 is 2.93 bits per heavy atom. The molecule has 0 spiro atoms. The Hall–Kier alpha value is -3.06. The SMILES string of the molecule is Cc1cc(C2CCCN(Cc3cnn(-c4ccccc4)c3)C2)n2ncnc2n1. The molecule has 3 aromatic heterocycles. The van der Waals surface area contributed by atoms with Gasteiger partial charge in [0.1, 0.15) is 6.33 Å². The molecular formula is C21H23N7. The van der Waals surface area contributed by atoms with E-state index < -0.39 is 0 Å². The lowest BCUT2D eigenvalue weighted by Gasteiger charge is -2.32. The highest BCUT2D eigenvalue weighted by Gasteiger charge is 2.24. The maximum Gasteiger partial charge on any atom is 0.252 e. The van der Waals surface area contributed by atoms with E-state index >= 15 is 0 Å². The van der Waals surface area contributed by atoms with Crippen LogP contribution >= 0.6 is 0 Å². The quantitative estimate of drug-likeness (QED) is 0.550. The number of piperidine rings is 1. The minimum absolute atomic E-state index is 0.434. The molecule has 28 heavy (non-hydrogen) atoms. The van der Waals surface area contributed by atoms with Crippen LogP contribution in [0.3, 0.4) is 0 Å². The first-order valence-corrected chi connectivity index (χ1v) is 9.75. The van der Waals surface area contributed by atoms with E-state index in [9.17, 15) is 0 Å². The number of benzene rings is 1. The van der Waals surface area contributed by atoms with Gasteiger partial charge in [-0.25, -0.2) is 14.2 Å². The van der Waals surface area contributed by atoms with E-state index in [1.165, 1.54) is 17.7 Å². The highest BCUT2D eigenvalue weighted by atomic mass is 15.3. The monoisotopic (exact) mass is 373 g/mol. The van der Waals surface area contributed by atoms with Gasteiger partial charge in [-0.15, -0.1) is 0 Å². The zero-order valence-corrected chi connectivity index (χ0v) is 15.9. The minimum Gasteiger partial charge on any atom is -0.298 e. The molecule has 1 fully saturated rings. The Morgan fingerprint density at radius 2 is 2.04 bits per heavy atom. The van der Waals surface area contributed by atoms with Gasteiger partial charge in [-0.2, -0.15) is 15.2 Å². The zero-order chi connectivity index (χ0) is 18.9. The highest BCUT2D eigenvalue weighted by Crippen LogP contribution is 2.28. The molecule has 142 valence electrons. The summed E-state index contributed by atoms with van der Waals surface area (Å²) in [6, 6.07) is 12.4. The molecule has 1 aromatic carbocycles. The molecule has 0 aliphatic carbocycles. The molecule has 1 aliphatic rings. The standard InChI is InChI=1S/C21H23N7/c1-16-10-20(28-21(25-16)22-15-24-28)18-6-5-9-26(14-18)12-17-11-23-27(13-17)19-7-3-2-4-8-19/h2-4,7-8,10-11,13,15,18H,5-6,9,12,14H2,1H3. The molecule has 0 N–H and O–H groups in total. The topological polar surface area (TPSA) is 64.1 Å². The summed E-state index contributed by atoms with van der Waals surface area (Å²) in [6.45, 7) is 5.05. The van der Waals surface area contributed by atoms with Crippen molar-refractivity contribution in [3.05, 3.63) is 72.1 Å². The molecule has 0 radical (unpaired) electrons. The zero-order valence-electron chi connectivity index (χ0n) is 15.9. The number of hydrogen-bond acceptors (Lipinski definition) is 5. The van der Waals surface area contributed by atoms with E-state index in [0.717, 1.165) is 37.4 Å². The van der Waals surface area contributed by atoms with Crippen molar-refractivity contribution in [2.45, 2.75) is 32.2 Å². The Bertz CT molecular complexity index is 1080. The summed E-state index contributed by atoms with van der Waals surface area (Å²) in [6.07, 6.45) is 8.03. The molecule has 0 saturated carbocycles. The summed E-state index contributed by atoms with van der Waals surface area (Å²) in [5.41, 5.74) is 4.54. The molecule has 7 heteroatoms. The number of rotatable bonds is 4. The van der Waals surface area contributed by atoms with Gasteiger partial charge in [-0.1, -0.05) is 18.2 Å². The van der Waals surface area contributed by atoms with Gasteiger partial charge in [-0.3, -0.25) is 4.90 Å². The van der Waals surface area contributed by atoms with Crippen LogP contribution in [0.4, 0.5) is 0 Å². The van der Waals surface area contributed by atoms with Crippen LogP contribution in [-0.2, 0) is 6.54 Å². The van der Waals surface area contributed by atoms with Gasteiger partial charge in [0.05, 0.1) is 17.6 Å². The minimum atomic E-state index is 0.434. The lowest BCUT2D eigenvalue weighted by atomic mass is 9.94. The summed E-state index contributed by atoms with van der Waals surface area (Å²) in [5.74, 6) is 1.13. The van der Waals surface area contributed by atoms with E-state index in [2.05, 4.69) is 49.5 Å². The number of para-hydroxylation sites is 1. The van der Waals surface area contributed by atoms with Crippen molar-refractivity contribution in [1.29, 1.82) is 0 Å². The molecule has 0 amide bonds. The summed E-state index contributed by atoms with van der Waals surface area (Å²) in [5, 5.41) is 8.93. The number of fused-ring (bicyclic) bond motifs is 1. The molecule has 5 rings (SSSR count). The first kappa shape index (κ1) is 17.1. The lowest BCUT2D eigenvalue weighted by molar-refractivity contribution is 0.197. The average Bonchev–Trinajstić information content (AvgIpc) is 3.38. The number of nitrogens with zero attached hydrogens (tertiary/aromatic N) is 7. The Kier molecular flexibility index (Phi) is 4.37. The van der Waals surface area contributed by atoms with Gasteiger partial charge in [0, 0.05) is 36.5 Å². The Labute approximate surface area is 163 Å². The van der Waals surface area contributed by atoms with E-state index in [-0.39, 0.29) is 0 Å². The van der Waals surface area contributed by atoms with Crippen molar-refractivity contribution in [1.82, 2.24) is 34.3 Å². The third-order valence-corrected chi connectivity index (χ3v) is 5.39. The van der Waals surface area contributed by atoms with Crippen molar-refractivity contribution in [2.24, 2.45) is 0 Å². The molecule has 7 nitrogen and oxygen atoms in total. The first-order valence-electron chi connectivity index (χ1n) is 9.75. The van der Waals surface area contributed by atoms with Gasteiger partial charge in [0.15, 0.2) is 0 Å². The lowest BCUT2D eigenvalue weighted by Crippen LogP contribution is -2.34. The molecule has 1 saturated heterocycles. The molecule has 4 heterocycles. The molecule has 1 atom stereocenters. The molecule has 1 unspecified atom stereocenters. The fraction of sp³-hybridized carbons (Fsp3) is 0.333. The van der Waals surface area contributed by atoms with Crippen LogP contribution in [0.1, 0.15) is 35.7 Å². The average molecular weight is 373 g/mol. The normalized spacial score (nSPS) is 18.0. The van der Waals surface area contributed by atoms with Gasteiger partial charge in [0.25, 0.3) is 5.78 Å². The second-order valence-corrected chi connectivity index (χ2v) is 7.50. The van der Waals surface area contributed by atoms with Crippen LogP contribution in [0.5, 0.6) is 0 Å². The second kappa shape index (κ2) is 7.16. The number of likely N-dealkylation sites (tertiary alicyclic amines) is 1. The summed E-state index contributed by atoms with van der Waals surface area (Å²) in [4.78, 5) is 11.3. The molecular weight excluding hydrogens is 350 g/mol. The predicted molar refractivity (Wildman–Crippen MR) is 106 cm³/mol. The second-order valence-electron chi connectivity index (χ2n) is 7.50. The third-order valence-electron chi connectivity index (χ3n) is 5.39. The highest BCUT2D eigenvalue weighted by molar-refractivity contribution is 5.32. The molecule has 0 bridgehead atoms. The number of aromatic nitrogens is 6. The third kappa shape index (κ3) is 3.29. The van der Waals surface area contributed by atoms with E-state index in [4.69, 9.17) is 0 Å². The van der Waals surface area contributed by atoms with E-state index in [1.807, 2.05) is 40.5 Å². The van der Waals surface area contributed by atoms with Gasteiger partial charge in [-0.05, 0) is 44.5 Å². The largest absolute Gasteiger partial charge is 0.298 e. The van der Waals surface area contributed by atoms with Crippen molar-refractivity contribution in [3.8, 4) is 5.69 Å². The smallest absolute Gasteiger partial charge is 0.252 e. The van der Waals surface area contributed by atoms with Crippen LogP contribution in [0.15, 0.2) is 55.1 Å². The van der Waals surface area contributed by atoms with Crippen molar-refractivity contribution in [2.75, 3.05) is 13.1 Å². The van der Waals surface area contributed by atoms with Crippen LogP contribution in [0, 0.1) is 6.92 Å². The van der Waals surface area contributed by atoms with Crippen LogP contribution in [0.2, 0.25) is 0 Å². The summed E-state index contributed by atoms with van der Waals surface area (Å²) >= 11 is 0. The van der Waals surface area contributed by atoms with Crippen molar-refractivity contribution >= 4 is 5.78 Å². The summed E-state index contributed by atoms with van der Waals surface area (Å²) in [7, 11) is 0. The van der Waals surface area contributed by atoms with Crippen LogP contribution in [-0.4, -0.2) is 47.4 Å². The Balaban J connectivity index is 1.34. The summed E-state index contributed by atoms with van der Waals surface area (Å²) < 4.78 is 3.84. The van der Waals surface area contributed by atoms with Crippen molar-refractivity contribution < 1.29 is 0 Å². The Morgan fingerprint density at radius 1 is 1.14 bits per heavy atom. The van der Waals surface area contributed by atoms with Crippen molar-refractivity contribution in [3.63, 3.8) is 0 Å². The van der Waals surface area contributed by atoms with E-state index in [1.54, 1.807) is 6.33 Å². The van der Waals surface area contributed by atoms with Crippen LogP contribution in [0.25, 0.3) is 11.5 Å². The van der Waals surface area contributed by atoms with Gasteiger partial charge < -0.3 is 0 Å². The maximum absolute atomic E-state index is 4.53. The fourth-order valence-corrected chi connectivity index (χ4v) is 4.11. The van der Waals surface area contributed by atoms with E-state index in [0.29, 0.717) is 11.7 Å². The fourth-order valence-electron chi connectivity index (χ4n) is 4.11. The van der Waals surface area contributed by atoms with Crippen LogP contribution < -0.4 is 0 Å². The number of hydrogen-bond donors (Lipinski definition) is 0. The molecule has 4 aromatic rings. The first-order chi connectivity index (χ1) is 13.8. The molecule has 1 aliphatic heterocycles. The van der Waals surface area contributed by atoms with Gasteiger partial charge in [0.2, 0.25) is 0 Å². The maximum atomic E-state index is 4.53. The predicted octanol–water partition coefficient (Wildman–Crippen LogP) is 3.00. The van der Waals surface area contributed by atoms with Gasteiger partial charge >= 0.3 is 0 Å². The number of aryl methyl sites for hydroxylation is 1.